The molecule has 2 aliphatic rings. The topological polar surface area (TPSA) is 77.1 Å². The third kappa shape index (κ3) is 5.04. The normalized spacial score (nSPS) is 17.1. The zero-order chi connectivity index (χ0) is 25.8. The van der Waals surface area contributed by atoms with E-state index in [-0.39, 0.29) is 23.6 Å². The Morgan fingerprint density at radius 2 is 1.81 bits per heavy atom. The Bertz CT molecular complexity index is 1080. The summed E-state index contributed by atoms with van der Waals surface area (Å²) in [7, 11) is 0. The van der Waals surface area contributed by atoms with Gasteiger partial charge >= 0.3 is 0 Å². The molecule has 9 heteroatoms. The van der Waals surface area contributed by atoms with Gasteiger partial charge in [-0.2, -0.15) is 0 Å². The molecule has 0 N–H and O–H groups in total. The number of hydrogen-bond donors (Lipinski definition) is 0. The van der Waals surface area contributed by atoms with E-state index in [1.807, 2.05) is 36.3 Å². The first-order valence-electron chi connectivity index (χ1n) is 13.1. The molecule has 4 rings (SSSR count). The van der Waals surface area contributed by atoms with Crippen molar-refractivity contribution in [3.63, 3.8) is 0 Å². The fraction of sp³-hybridized carbons (Fsp3) is 0.556. The molecule has 0 saturated carbocycles. The summed E-state index contributed by atoms with van der Waals surface area (Å²) in [6.45, 7) is 13.9. The second-order valence-corrected chi connectivity index (χ2v) is 10.4. The van der Waals surface area contributed by atoms with Gasteiger partial charge in [0.05, 0.1) is 22.9 Å². The van der Waals surface area contributed by atoms with Crippen molar-refractivity contribution in [1.82, 2.24) is 19.7 Å². The molecule has 3 heterocycles. The minimum Gasteiger partial charge on any atom is -0.371 e. The van der Waals surface area contributed by atoms with E-state index in [1.54, 1.807) is 12.3 Å². The van der Waals surface area contributed by atoms with Crippen LogP contribution in [0.15, 0.2) is 29.8 Å². The highest BCUT2D eigenvalue weighted by atomic mass is 32.1. The molecule has 0 spiro atoms. The van der Waals surface area contributed by atoms with Crippen molar-refractivity contribution >= 4 is 34.7 Å². The first kappa shape index (κ1) is 26.3. The number of rotatable bonds is 10. The van der Waals surface area contributed by atoms with Crippen LogP contribution in [0.5, 0.6) is 0 Å². The third-order valence-corrected chi connectivity index (χ3v) is 8.53. The minimum absolute atomic E-state index is 0.00609. The highest BCUT2D eigenvalue weighted by Crippen LogP contribution is 2.38. The van der Waals surface area contributed by atoms with Gasteiger partial charge in [0, 0.05) is 50.2 Å². The number of carbonyl (C=O) groups excluding carboxylic acids is 3. The number of nitrogens with zero attached hydrogens (tertiary/aromatic N) is 5. The number of fused-ring (bicyclic) bond motifs is 1. The van der Waals surface area contributed by atoms with E-state index in [2.05, 4.69) is 28.6 Å². The standard InChI is InChI=1S/C27H37N5O3S/c1-5-29(6-2)16-17-30(7-3)25(33)20-11-14-31(15-12-20)22-10-8-9-21-23(22)27(35)32(26(21)34)19(4)24-28-13-18-36-24/h8-10,13,18-20H,5-7,11-12,14-17H2,1-4H3/t19-/m1/s1. The van der Waals surface area contributed by atoms with E-state index in [0.717, 1.165) is 56.3 Å². The molecule has 2 aliphatic heterocycles. The van der Waals surface area contributed by atoms with Gasteiger partial charge in [-0.05, 0) is 51.9 Å². The van der Waals surface area contributed by atoms with Crippen LogP contribution in [0.25, 0.3) is 0 Å². The lowest BCUT2D eigenvalue weighted by atomic mass is 9.94. The molecule has 36 heavy (non-hydrogen) atoms. The quantitative estimate of drug-likeness (QED) is 0.450. The van der Waals surface area contributed by atoms with Crippen molar-refractivity contribution < 1.29 is 14.4 Å². The van der Waals surface area contributed by atoms with E-state index in [9.17, 15) is 14.4 Å². The molecular formula is C27H37N5O3S. The Labute approximate surface area is 217 Å². The predicted molar refractivity (Wildman–Crippen MR) is 142 cm³/mol. The zero-order valence-corrected chi connectivity index (χ0v) is 22.6. The summed E-state index contributed by atoms with van der Waals surface area (Å²) < 4.78 is 0. The molecule has 1 aromatic carbocycles. The number of anilines is 1. The van der Waals surface area contributed by atoms with Gasteiger partial charge in [-0.1, -0.05) is 19.9 Å². The Hall–Kier alpha value is -2.78. The maximum atomic E-state index is 13.5. The molecule has 0 unspecified atom stereocenters. The lowest BCUT2D eigenvalue weighted by Crippen LogP contribution is -2.45. The van der Waals surface area contributed by atoms with E-state index in [1.165, 1.54) is 16.2 Å². The second kappa shape index (κ2) is 11.5. The van der Waals surface area contributed by atoms with Crippen LogP contribution in [-0.4, -0.2) is 83.2 Å². The summed E-state index contributed by atoms with van der Waals surface area (Å²) in [6, 6.07) is 5.09. The summed E-state index contributed by atoms with van der Waals surface area (Å²) in [5, 5.41) is 2.59. The second-order valence-electron chi connectivity index (χ2n) is 9.43. The van der Waals surface area contributed by atoms with E-state index >= 15 is 0 Å². The van der Waals surface area contributed by atoms with Gasteiger partial charge in [-0.25, -0.2) is 4.98 Å². The lowest BCUT2D eigenvalue weighted by Gasteiger charge is -2.36. The molecule has 0 radical (unpaired) electrons. The number of likely N-dealkylation sites (N-methyl/N-ethyl adjacent to an activating group) is 2. The zero-order valence-electron chi connectivity index (χ0n) is 21.8. The highest BCUT2D eigenvalue weighted by Gasteiger charge is 2.42. The average Bonchev–Trinajstić information content (AvgIpc) is 3.53. The molecule has 1 fully saturated rings. The van der Waals surface area contributed by atoms with Crippen molar-refractivity contribution in [1.29, 1.82) is 0 Å². The highest BCUT2D eigenvalue weighted by molar-refractivity contribution is 7.09. The third-order valence-electron chi connectivity index (χ3n) is 7.58. The van der Waals surface area contributed by atoms with Crippen LogP contribution < -0.4 is 4.90 Å². The number of piperidine rings is 1. The fourth-order valence-electron chi connectivity index (χ4n) is 5.30. The molecule has 3 amide bonds. The summed E-state index contributed by atoms with van der Waals surface area (Å²) in [4.78, 5) is 52.0. The average molecular weight is 512 g/mol. The summed E-state index contributed by atoms with van der Waals surface area (Å²) in [5.41, 5.74) is 1.72. The Kier molecular flexibility index (Phi) is 8.41. The molecule has 0 bridgehead atoms. The number of benzene rings is 1. The van der Waals surface area contributed by atoms with Gasteiger partial charge < -0.3 is 14.7 Å². The van der Waals surface area contributed by atoms with Crippen LogP contribution in [-0.2, 0) is 4.79 Å². The van der Waals surface area contributed by atoms with Crippen LogP contribution in [0.4, 0.5) is 5.69 Å². The number of amides is 3. The van der Waals surface area contributed by atoms with E-state index in [0.29, 0.717) is 24.2 Å². The smallest absolute Gasteiger partial charge is 0.264 e. The molecule has 2 aromatic rings. The van der Waals surface area contributed by atoms with Crippen molar-refractivity contribution in [2.45, 2.75) is 46.6 Å². The monoisotopic (exact) mass is 511 g/mol. The van der Waals surface area contributed by atoms with Crippen molar-refractivity contribution in [2.24, 2.45) is 5.92 Å². The van der Waals surface area contributed by atoms with Gasteiger partial charge in [0.15, 0.2) is 0 Å². The number of aromatic nitrogens is 1. The maximum Gasteiger partial charge on any atom is 0.264 e. The first-order valence-corrected chi connectivity index (χ1v) is 13.9. The van der Waals surface area contributed by atoms with Crippen LogP contribution in [0.3, 0.4) is 0 Å². The number of hydrogen-bond acceptors (Lipinski definition) is 7. The summed E-state index contributed by atoms with van der Waals surface area (Å²) >= 11 is 1.44. The van der Waals surface area contributed by atoms with Gasteiger partial charge in [0.2, 0.25) is 5.91 Å². The van der Waals surface area contributed by atoms with Crippen molar-refractivity contribution in [2.75, 3.05) is 50.7 Å². The summed E-state index contributed by atoms with van der Waals surface area (Å²) in [5.74, 6) is -0.304. The molecule has 8 nitrogen and oxygen atoms in total. The molecule has 1 atom stereocenters. The molecule has 194 valence electrons. The number of carbonyl (C=O) groups is 3. The number of imide groups is 1. The Morgan fingerprint density at radius 3 is 2.42 bits per heavy atom. The van der Waals surface area contributed by atoms with Gasteiger partial charge in [-0.3, -0.25) is 19.3 Å². The number of thiazole rings is 1. The largest absolute Gasteiger partial charge is 0.371 e. The van der Waals surface area contributed by atoms with Gasteiger partial charge in [0.25, 0.3) is 11.8 Å². The van der Waals surface area contributed by atoms with Crippen LogP contribution >= 0.6 is 11.3 Å². The fourth-order valence-corrected chi connectivity index (χ4v) is 5.99. The Balaban J connectivity index is 1.44. The van der Waals surface area contributed by atoms with Crippen molar-refractivity contribution in [3.8, 4) is 0 Å². The van der Waals surface area contributed by atoms with Crippen LogP contribution in [0, 0.1) is 5.92 Å². The predicted octanol–water partition coefficient (Wildman–Crippen LogP) is 3.91. The SMILES string of the molecule is CCN(CC)CCN(CC)C(=O)C1CCN(c2cccc3c2C(=O)N([C@H](C)c2nccs2)C3=O)CC1. The molecular weight excluding hydrogens is 474 g/mol. The van der Waals surface area contributed by atoms with Crippen molar-refractivity contribution in [3.05, 3.63) is 45.9 Å². The van der Waals surface area contributed by atoms with Gasteiger partial charge in [0.1, 0.15) is 5.01 Å². The molecule has 0 aliphatic carbocycles. The molecule has 1 saturated heterocycles. The van der Waals surface area contributed by atoms with Gasteiger partial charge in [-0.15, -0.1) is 11.3 Å². The molecule has 1 aromatic heterocycles. The minimum atomic E-state index is -0.412. The lowest BCUT2D eigenvalue weighted by molar-refractivity contribution is -0.136. The van der Waals surface area contributed by atoms with Crippen LogP contribution in [0.1, 0.15) is 72.3 Å². The summed E-state index contributed by atoms with van der Waals surface area (Å²) in [6.07, 6.45) is 3.17. The van der Waals surface area contributed by atoms with E-state index in [4.69, 9.17) is 0 Å². The maximum absolute atomic E-state index is 13.5. The first-order chi connectivity index (χ1) is 17.4. The Morgan fingerprint density at radius 1 is 1.08 bits per heavy atom. The van der Waals surface area contributed by atoms with E-state index < -0.39 is 6.04 Å². The van der Waals surface area contributed by atoms with Crippen LogP contribution in [0.2, 0.25) is 0 Å².